The number of anilines is 1. The number of nitro groups is 1. The van der Waals surface area contributed by atoms with Crippen molar-refractivity contribution < 1.29 is 14.8 Å². The molecule has 0 aliphatic heterocycles. The van der Waals surface area contributed by atoms with E-state index in [1.807, 2.05) is 0 Å². The largest absolute Gasteiger partial charge is 0.505 e. The summed E-state index contributed by atoms with van der Waals surface area (Å²) in [6, 6.07) is 3.86. The second-order valence-electron chi connectivity index (χ2n) is 5.10. The minimum Gasteiger partial charge on any atom is -0.505 e. The van der Waals surface area contributed by atoms with Crippen LogP contribution < -0.4 is 11.1 Å². The minimum atomic E-state index is -1.02. The zero-order chi connectivity index (χ0) is 14.8. The molecule has 2 rings (SSSR count). The van der Waals surface area contributed by atoms with E-state index in [9.17, 15) is 20.0 Å². The van der Waals surface area contributed by atoms with Crippen LogP contribution in [0.3, 0.4) is 0 Å². The summed E-state index contributed by atoms with van der Waals surface area (Å²) in [5.74, 6) is -0.825. The number of para-hydroxylation sites is 1. The molecule has 20 heavy (non-hydrogen) atoms. The van der Waals surface area contributed by atoms with Crippen LogP contribution in [-0.4, -0.2) is 21.5 Å². The Morgan fingerprint density at radius 1 is 1.35 bits per heavy atom. The van der Waals surface area contributed by atoms with Crippen molar-refractivity contribution in [3.63, 3.8) is 0 Å². The lowest BCUT2D eigenvalue weighted by atomic mass is 9.82. The lowest BCUT2D eigenvalue weighted by Crippen LogP contribution is -2.52. The zero-order valence-electron chi connectivity index (χ0n) is 11.0. The topological polar surface area (TPSA) is 118 Å². The Kier molecular flexibility index (Phi) is 3.89. The van der Waals surface area contributed by atoms with Crippen molar-refractivity contribution in [3.05, 3.63) is 28.3 Å². The van der Waals surface area contributed by atoms with Gasteiger partial charge in [0.2, 0.25) is 5.91 Å². The number of hydrogen-bond donors (Lipinski definition) is 3. The minimum absolute atomic E-state index is 0.196. The summed E-state index contributed by atoms with van der Waals surface area (Å²) >= 11 is 0. The molecule has 108 valence electrons. The third kappa shape index (κ3) is 2.72. The van der Waals surface area contributed by atoms with Gasteiger partial charge in [-0.05, 0) is 18.9 Å². The number of hydrogen-bond acceptors (Lipinski definition) is 5. The van der Waals surface area contributed by atoms with Crippen LogP contribution in [0.2, 0.25) is 0 Å². The molecular formula is C13H17N3O4. The number of phenols is 1. The Bertz CT molecular complexity index is 538. The highest BCUT2D eigenvalue weighted by Gasteiger charge is 2.36. The first-order chi connectivity index (χ1) is 9.44. The lowest BCUT2D eigenvalue weighted by Gasteiger charge is -2.31. The second kappa shape index (κ2) is 5.46. The van der Waals surface area contributed by atoms with Crippen molar-refractivity contribution in [3.8, 4) is 5.75 Å². The first-order valence-corrected chi connectivity index (χ1v) is 6.51. The molecule has 1 aromatic rings. The van der Waals surface area contributed by atoms with Gasteiger partial charge in [0.1, 0.15) is 5.75 Å². The van der Waals surface area contributed by atoms with Crippen molar-refractivity contribution in [1.29, 1.82) is 0 Å². The molecule has 0 unspecified atom stereocenters. The molecule has 0 saturated heterocycles. The van der Waals surface area contributed by atoms with E-state index in [0.717, 1.165) is 19.3 Å². The molecule has 1 amide bonds. The van der Waals surface area contributed by atoms with Gasteiger partial charge in [-0.1, -0.05) is 25.3 Å². The fraction of sp³-hybridized carbons (Fsp3) is 0.462. The van der Waals surface area contributed by atoms with Crippen molar-refractivity contribution in [2.75, 3.05) is 5.32 Å². The highest BCUT2D eigenvalue weighted by Crippen LogP contribution is 2.35. The van der Waals surface area contributed by atoms with Gasteiger partial charge < -0.3 is 16.2 Å². The van der Waals surface area contributed by atoms with Gasteiger partial charge in [-0.2, -0.15) is 0 Å². The fourth-order valence-corrected chi connectivity index (χ4v) is 2.46. The van der Waals surface area contributed by atoms with Crippen LogP contribution in [0.15, 0.2) is 18.2 Å². The molecule has 1 aromatic carbocycles. The van der Waals surface area contributed by atoms with Gasteiger partial charge in [0.05, 0.1) is 10.5 Å². The van der Waals surface area contributed by atoms with E-state index in [-0.39, 0.29) is 17.1 Å². The molecule has 1 aliphatic carbocycles. The molecule has 7 nitrogen and oxygen atoms in total. The molecule has 1 fully saturated rings. The monoisotopic (exact) mass is 279 g/mol. The Morgan fingerprint density at radius 2 is 2.00 bits per heavy atom. The molecule has 1 saturated carbocycles. The molecule has 7 heteroatoms. The molecule has 0 heterocycles. The first kappa shape index (κ1) is 14.3. The van der Waals surface area contributed by atoms with E-state index in [0.29, 0.717) is 12.8 Å². The summed E-state index contributed by atoms with van der Waals surface area (Å²) < 4.78 is 0. The average molecular weight is 279 g/mol. The summed E-state index contributed by atoms with van der Waals surface area (Å²) in [5.41, 5.74) is 4.50. The van der Waals surface area contributed by atoms with E-state index in [1.165, 1.54) is 18.2 Å². The Labute approximate surface area is 115 Å². The van der Waals surface area contributed by atoms with Crippen molar-refractivity contribution in [2.24, 2.45) is 5.73 Å². The van der Waals surface area contributed by atoms with Crippen LogP contribution in [0.25, 0.3) is 0 Å². The Hall–Kier alpha value is -2.15. The smallest absolute Gasteiger partial charge is 0.296 e. The van der Waals surface area contributed by atoms with Crippen LogP contribution in [0.1, 0.15) is 32.1 Å². The van der Waals surface area contributed by atoms with Crippen molar-refractivity contribution in [2.45, 2.75) is 37.6 Å². The summed E-state index contributed by atoms with van der Waals surface area (Å²) in [6.45, 7) is 0. The molecule has 0 radical (unpaired) electrons. The lowest BCUT2D eigenvalue weighted by molar-refractivity contribution is -0.384. The molecule has 0 atom stereocenters. The predicted molar refractivity (Wildman–Crippen MR) is 73.4 cm³/mol. The van der Waals surface area contributed by atoms with E-state index in [2.05, 4.69) is 5.32 Å². The molecule has 0 spiro atoms. The van der Waals surface area contributed by atoms with Crippen LogP contribution in [-0.2, 0) is 4.79 Å². The van der Waals surface area contributed by atoms with E-state index >= 15 is 0 Å². The normalized spacial score (nSPS) is 17.4. The highest BCUT2D eigenvalue weighted by atomic mass is 16.6. The number of nitrogens with zero attached hydrogens (tertiary/aromatic N) is 1. The molecule has 0 aromatic heterocycles. The van der Waals surface area contributed by atoms with Gasteiger partial charge in [-0.3, -0.25) is 14.9 Å². The quantitative estimate of drug-likeness (QED) is 0.443. The summed E-state index contributed by atoms with van der Waals surface area (Å²) in [7, 11) is 0. The van der Waals surface area contributed by atoms with Gasteiger partial charge >= 0.3 is 0 Å². The number of benzene rings is 1. The van der Waals surface area contributed by atoms with Crippen molar-refractivity contribution >= 4 is 17.3 Å². The maximum atomic E-state index is 12.2. The van der Waals surface area contributed by atoms with Crippen LogP contribution in [0.4, 0.5) is 11.4 Å². The maximum absolute atomic E-state index is 12.2. The van der Waals surface area contributed by atoms with Crippen molar-refractivity contribution in [1.82, 2.24) is 0 Å². The fourth-order valence-electron chi connectivity index (χ4n) is 2.46. The Morgan fingerprint density at radius 3 is 2.60 bits per heavy atom. The first-order valence-electron chi connectivity index (χ1n) is 6.51. The van der Waals surface area contributed by atoms with Crippen LogP contribution in [0.5, 0.6) is 5.75 Å². The number of rotatable bonds is 3. The average Bonchev–Trinajstić information content (AvgIpc) is 2.41. The van der Waals surface area contributed by atoms with Crippen LogP contribution >= 0.6 is 0 Å². The number of amides is 1. The second-order valence-corrected chi connectivity index (χ2v) is 5.10. The highest BCUT2D eigenvalue weighted by molar-refractivity contribution is 6.00. The number of carbonyl (C=O) groups excluding carboxylic acids is 1. The molecule has 0 bridgehead atoms. The number of phenolic OH excluding ortho intramolecular Hbond substituents is 1. The number of nitrogens with two attached hydrogens (primary N) is 1. The third-order valence-electron chi connectivity index (χ3n) is 3.65. The van der Waals surface area contributed by atoms with Crippen LogP contribution in [0, 0.1) is 10.1 Å². The molecule has 4 N–H and O–H groups in total. The van der Waals surface area contributed by atoms with Gasteiger partial charge in [-0.25, -0.2) is 0 Å². The third-order valence-corrected chi connectivity index (χ3v) is 3.65. The van der Waals surface area contributed by atoms with Gasteiger partial charge in [0.15, 0.2) is 5.69 Å². The van der Waals surface area contributed by atoms with E-state index in [4.69, 9.17) is 5.73 Å². The standard InChI is InChI=1S/C13H17N3O4/c14-13(7-2-1-3-8-13)12(18)15-11-9(16(19)20)5-4-6-10(11)17/h4-6,17H,1-3,7-8,14H2,(H,15,18). The predicted octanol–water partition coefficient (Wildman–Crippen LogP) is 1.90. The summed E-state index contributed by atoms with van der Waals surface area (Å²) in [6.07, 6.45) is 3.82. The number of nitrogens with one attached hydrogen (secondary N) is 1. The van der Waals surface area contributed by atoms with Gasteiger partial charge in [-0.15, -0.1) is 0 Å². The summed E-state index contributed by atoms with van der Waals surface area (Å²) in [5, 5.41) is 23.0. The Balaban J connectivity index is 2.25. The van der Waals surface area contributed by atoms with E-state index in [1.54, 1.807) is 0 Å². The number of nitro benzene ring substituents is 1. The zero-order valence-corrected chi connectivity index (χ0v) is 11.0. The molecule has 1 aliphatic rings. The molecular weight excluding hydrogens is 262 g/mol. The summed E-state index contributed by atoms with van der Waals surface area (Å²) in [4.78, 5) is 22.5. The van der Waals surface area contributed by atoms with Gasteiger partial charge in [0.25, 0.3) is 5.69 Å². The SMILES string of the molecule is NC1(C(=O)Nc2c(O)cccc2[N+](=O)[O-])CCCCC1. The van der Waals surface area contributed by atoms with E-state index < -0.39 is 16.4 Å². The maximum Gasteiger partial charge on any atom is 0.296 e. The van der Waals surface area contributed by atoms with Gasteiger partial charge in [0, 0.05) is 6.07 Å². The number of aromatic hydroxyl groups is 1. The number of carbonyl (C=O) groups is 1.